The van der Waals surface area contributed by atoms with Crippen molar-refractivity contribution in [3.05, 3.63) is 58.1 Å². The van der Waals surface area contributed by atoms with Crippen LogP contribution in [0.1, 0.15) is 15.9 Å². The molecule has 6 nitrogen and oxygen atoms in total. The first kappa shape index (κ1) is 19.8. The highest BCUT2D eigenvalue weighted by molar-refractivity contribution is 9.10. The van der Waals surface area contributed by atoms with E-state index in [9.17, 15) is 4.79 Å². The van der Waals surface area contributed by atoms with Crippen LogP contribution in [-0.2, 0) is 4.74 Å². The Kier molecular flexibility index (Phi) is 7.53. The molecular weight excluding hydrogens is 418 g/mol. The normalized spacial score (nSPS) is 9.88. The summed E-state index contributed by atoms with van der Waals surface area (Å²) in [6.45, 7) is 0.721. The molecule has 0 radical (unpaired) electrons. The lowest BCUT2D eigenvalue weighted by Gasteiger charge is -2.14. The SMILES string of the molecule is COCCOc1ccc(Br)cc1C(=O)NC(=S)Nc1ccccc1C#N. The quantitative estimate of drug-likeness (QED) is 0.535. The number of para-hydroxylation sites is 1. The number of hydrogen-bond donors (Lipinski definition) is 2. The van der Waals surface area contributed by atoms with E-state index in [2.05, 4.69) is 32.6 Å². The van der Waals surface area contributed by atoms with E-state index < -0.39 is 5.91 Å². The van der Waals surface area contributed by atoms with Gasteiger partial charge in [0.2, 0.25) is 0 Å². The standard InChI is InChI=1S/C18H16BrN3O3S/c1-24-8-9-25-16-7-6-13(19)10-14(16)17(23)22-18(26)21-15-5-3-2-4-12(15)11-20/h2-7,10H,8-9H2,1H3,(H2,21,22,23,26). The monoisotopic (exact) mass is 433 g/mol. The minimum absolute atomic E-state index is 0.0838. The van der Waals surface area contributed by atoms with Gasteiger partial charge in [-0.2, -0.15) is 5.26 Å². The summed E-state index contributed by atoms with van der Waals surface area (Å²) in [5.41, 5.74) is 1.27. The number of hydrogen-bond acceptors (Lipinski definition) is 5. The molecule has 1 amide bonds. The minimum Gasteiger partial charge on any atom is -0.490 e. The maximum atomic E-state index is 12.6. The number of methoxy groups -OCH3 is 1. The lowest BCUT2D eigenvalue weighted by Crippen LogP contribution is -2.34. The number of nitrogens with one attached hydrogen (secondary N) is 2. The van der Waals surface area contributed by atoms with E-state index in [4.69, 9.17) is 27.0 Å². The van der Waals surface area contributed by atoms with Crippen molar-refractivity contribution in [2.75, 3.05) is 25.6 Å². The highest BCUT2D eigenvalue weighted by Gasteiger charge is 2.15. The zero-order chi connectivity index (χ0) is 18.9. The molecule has 0 aliphatic heterocycles. The van der Waals surface area contributed by atoms with E-state index in [1.54, 1.807) is 49.6 Å². The van der Waals surface area contributed by atoms with Gasteiger partial charge in [0, 0.05) is 11.6 Å². The molecule has 0 aromatic heterocycles. The summed E-state index contributed by atoms with van der Waals surface area (Å²) in [5.74, 6) is -0.00590. The predicted octanol–water partition coefficient (Wildman–Crippen LogP) is 3.47. The first-order valence-electron chi connectivity index (χ1n) is 7.58. The Bertz CT molecular complexity index is 852. The third-order valence-electron chi connectivity index (χ3n) is 3.25. The van der Waals surface area contributed by atoms with Gasteiger partial charge < -0.3 is 14.8 Å². The van der Waals surface area contributed by atoms with Gasteiger partial charge in [-0.15, -0.1) is 0 Å². The Morgan fingerprint density at radius 3 is 2.77 bits per heavy atom. The summed E-state index contributed by atoms with van der Waals surface area (Å²) in [5, 5.41) is 14.6. The molecule has 0 aliphatic rings. The molecular formula is C18H16BrN3O3S. The molecule has 2 aromatic rings. The molecule has 0 unspecified atom stereocenters. The van der Waals surface area contributed by atoms with Crippen molar-refractivity contribution in [2.24, 2.45) is 0 Å². The number of ether oxygens (including phenoxy) is 2. The number of rotatable bonds is 6. The van der Waals surface area contributed by atoms with Crippen molar-refractivity contribution in [2.45, 2.75) is 0 Å². The topological polar surface area (TPSA) is 83.4 Å². The second-order valence-corrected chi connectivity index (χ2v) is 6.37. The second-order valence-electron chi connectivity index (χ2n) is 5.05. The number of nitriles is 1. The van der Waals surface area contributed by atoms with Gasteiger partial charge >= 0.3 is 0 Å². The lowest BCUT2D eigenvalue weighted by molar-refractivity contribution is 0.0969. The lowest BCUT2D eigenvalue weighted by atomic mass is 10.2. The van der Waals surface area contributed by atoms with Crippen molar-refractivity contribution in [3.63, 3.8) is 0 Å². The van der Waals surface area contributed by atoms with Crippen molar-refractivity contribution >= 4 is 44.9 Å². The molecule has 0 aliphatic carbocycles. The van der Waals surface area contributed by atoms with Crippen molar-refractivity contribution in [1.29, 1.82) is 5.26 Å². The van der Waals surface area contributed by atoms with E-state index in [0.717, 1.165) is 4.47 Å². The molecule has 2 aromatic carbocycles. The van der Waals surface area contributed by atoms with E-state index in [1.165, 1.54) is 0 Å². The van der Waals surface area contributed by atoms with Crippen LogP contribution in [0.3, 0.4) is 0 Å². The molecule has 0 atom stereocenters. The number of thiocarbonyl (C=S) groups is 1. The molecule has 0 saturated heterocycles. The number of anilines is 1. The molecule has 26 heavy (non-hydrogen) atoms. The Morgan fingerprint density at radius 1 is 1.27 bits per heavy atom. The fourth-order valence-electron chi connectivity index (χ4n) is 2.05. The molecule has 0 spiro atoms. The fourth-order valence-corrected chi connectivity index (χ4v) is 2.62. The van der Waals surface area contributed by atoms with Crippen LogP contribution in [0.25, 0.3) is 0 Å². The highest BCUT2D eigenvalue weighted by atomic mass is 79.9. The Morgan fingerprint density at radius 2 is 2.04 bits per heavy atom. The maximum Gasteiger partial charge on any atom is 0.261 e. The number of halogens is 1. The molecule has 0 bridgehead atoms. The van der Waals surface area contributed by atoms with Crippen LogP contribution in [0.4, 0.5) is 5.69 Å². The number of carbonyl (C=O) groups is 1. The molecule has 0 fully saturated rings. The van der Waals surface area contributed by atoms with Gasteiger partial charge in [0.05, 0.1) is 23.4 Å². The van der Waals surface area contributed by atoms with Gasteiger partial charge in [-0.25, -0.2) is 0 Å². The van der Waals surface area contributed by atoms with Crippen molar-refractivity contribution in [1.82, 2.24) is 5.32 Å². The zero-order valence-electron chi connectivity index (χ0n) is 13.9. The van der Waals surface area contributed by atoms with Gasteiger partial charge in [0.25, 0.3) is 5.91 Å². The van der Waals surface area contributed by atoms with Gasteiger partial charge in [-0.05, 0) is 42.5 Å². The molecule has 2 N–H and O–H groups in total. The third kappa shape index (κ3) is 5.52. The average molecular weight is 434 g/mol. The van der Waals surface area contributed by atoms with Gasteiger partial charge in [-0.1, -0.05) is 28.1 Å². The van der Waals surface area contributed by atoms with Crippen LogP contribution in [0, 0.1) is 11.3 Å². The molecule has 2 rings (SSSR count). The van der Waals surface area contributed by atoms with Crippen LogP contribution in [0.5, 0.6) is 5.75 Å². The summed E-state index contributed by atoms with van der Waals surface area (Å²) < 4.78 is 11.3. The third-order valence-corrected chi connectivity index (χ3v) is 3.95. The molecule has 0 heterocycles. The molecule has 134 valence electrons. The second kappa shape index (κ2) is 9.87. The smallest absolute Gasteiger partial charge is 0.261 e. The van der Waals surface area contributed by atoms with Crippen LogP contribution in [-0.4, -0.2) is 31.3 Å². The van der Waals surface area contributed by atoms with E-state index in [1.807, 2.05) is 0 Å². The Labute approximate surface area is 165 Å². The van der Waals surface area contributed by atoms with Gasteiger partial charge in [0.15, 0.2) is 5.11 Å². The van der Waals surface area contributed by atoms with Crippen LogP contribution in [0.15, 0.2) is 46.9 Å². The average Bonchev–Trinajstić information content (AvgIpc) is 2.63. The fraction of sp³-hybridized carbons (Fsp3) is 0.167. The Balaban J connectivity index is 2.10. The highest BCUT2D eigenvalue weighted by Crippen LogP contribution is 2.23. The maximum absolute atomic E-state index is 12.6. The molecule has 0 saturated carbocycles. The molecule has 8 heteroatoms. The summed E-state index contributed by atoms with van der Waals surface area (Å²) in [4.78, 5) is 12.6. The van der Waals surface area contributed by atoms with Gasteiger partial charge in [0.1, 0.15) is 18.4 Å². The van der Waals surface area contributed by atoms with Gasteiger partial charge in [-0.3, -0.25) is 10.1 Å². The Hall–Kier alpha value is -2.47. The summed E-state index contributed by atoms with van der Waals surface area (Å²) >= 11 is 8.52. The van der Waals surface area contributed by atoms with Crippen LogP contribution < -0.4 is 15.4 Å². The summed E-state index contributed by atoms with van der Waals surface area (Å²) in [6, 6.07) is 14.0. The number of benzene rings is 2. The summed E-state index contributed by atoms with van der Waals surface area (Å²) in [7, 11) is 1.57. The summed E-state index contributed by atoms with van der Waals surface area (Å²) in [6.07, 6.45) is 0. The van der Waals surface area contributed by atoms with E-state index in [-0.39, 0.29) is 5.11 Å². The largest absolute Gasteiger partial charge is 0.490 e. The van der Waals surface area contributed by atoms with Crippen LogP contribution in [0.2, 0.25) is 0 Å². The van der Waals surface area contributed by atoms with E-state index >= 15 is 0 Å². The minimum atomic E-state index is -0.425. The number of amides is 1. The first-order valence-corrected chi connectivity index (χ1v) is 8.78. The van der Waals surface area contributed by atoms with E-state index in [0.29, 0.717) is 35.8 Å². The number of nitrogens with zero attached hydrogens (tertiary/aromatic N) is 1. The predicted molar refractivity (Wildman–Crippen MR) is 106 cm³/mol. The number of carbonyl (C=O) groups excluding carboxylic acids is 1. The van der Waals surface area contributed by atoms with Crippen LogP contribution >= 0.6 is 28.1 Å². The first-order chi connectivity index (χ1) is 12.5. The zero-order valence-corrected chi connectivity index (χ0v) is 16.3. The van der Waals surface area contributed by atoms with Crippen molar-refractivity contribution in [3.8, 4) is 11.8 Å². The van der Waals surface area contributed by atoms with Crippen molar-refractivity contribution < 1.29 is 14.3 Å².